The molecule has 0 aliphatic heterocycles. The molecule has 0 heterocycles. The minimum Gasteiger partial charge on any atom is -0.449 e. The zero-order valence-corrected chi connectivity index (χ0v) is 13.5. The average Bonchev–Trinajstić information content (AvgIpc) is 2.38. The Morgan fingerprint density at radius 2 is 1.72 bits per heavy atom. The van der Waals surface area contributed by atoms with E-state index in [2.05, 4.69) is 22.9 Å². The number of amides is 1. The van der Waals surface area contributed by atoms with Gasteiger partial charge in [0, 0.05) is 18.9 Å². The zero-order valence-electron chi connectivity index (χ0n) is 11.9. The molecule has 0 aliphatic carbocycles. The summed E-state index contributed by atoms with van der Waals surface area (Å²) >= 11 is 3.40. The summed E-state index contributed by atoms with van der Waals surface area (Å²) in [5, 5.41) is 1.06. The van der Waals surface area contributed by atoms with Gasteiger partial charge in [0.15, 0.2) is 0 Å². The van der Waals surface area contributed by atoms with Crippen LogP contribution in [0.5, 0.6) is 0 Å². The molecule has 0 spiro atoms. The molecule has 0 aromatic carbocycles. The van der Waals surface area contributed by atoms with Crippen LogP contribution in [0.4, 0.5) is 4.79 Å². The predicted octanol–water partition coefficient (Wildman–Crippen LogP) is 4.59. The largest absolute Gasteiger partial charge is 0.449 e. The number of carbonyl (C=O) groups excluding carboxylic acids is 1. The molecule has 0 atom stereocenters. The fraction of sp³-hybridized carbons (Fsp3) is 0.929. The summed E-state index contributed by atoms with van der Waals surface area (Å²) in [7, 11) is 1.82. The molecule has 0 fully saturated rings. The third kappa shape index (κ3) is 10.9. The standard InChI is InChI=1S/C14H28BrNO2/c1-3-4-5-9-12-16(2)14(17)18-13-10-7-6-8-11-15/h3-13H2,1-2H3. The molecule has 1 amide bonds. The fourth-order valence-electron chi connectivity index (χ4n) is 1.69. The van der Waals surface area contributed by atoms with Gasteiger partial charge in [-0.25, -0.2) is 4.79 Å². The monoisotopic (exact) mass is 321 g/mol. The summed E-state index contributed by atoms with van der Waals surface area (Å²) in [6, 6.07) is 0. The van der Waals surface area contributed by atoms with E-state index in [-0.39, 0.29) is 6.09 Å². The SMILES string of the molecule is CCCCCCN(C)C(=O)OCCCCCCBr. The van der Waals surface area contributed by atoms with Gasteiger partial charge in [0.1, 0.15) is 0 Å². The van der Waals surface area contributed by atoms with Crippen molar-refractivity contribution >= 4 is 22.0 Å². The van der Waals surface area contributed by atoms with Crippen molar-refractivity contribution in [1.29, 1.82) is 0 Å². The lowest BCUT2D eigenvalue weighted by molar-refractivity contribution is 0.108. The van der Waals surface area contributed by atoms with Gasteiger partial charge in [-0.05, 0) is 19.3 Å². The topological polar surface area (TPSA) is 29.5 Å². The second-order valence-electron chi connectivity index (χ2n) is 4.70. The summed E-state index contributed by atoms with van der Waals surface area (Å²) < 4.78 is 5.22. The van der Waals surface area contributed by atoms with E-state index < -0.39 is 0 Å². The molecule has 4 heteroatoms. The molecular weight excluding hydrogens is 294 g/mol. The lowest BCUT2D eigenvalue weighted by Crippen LogP contribution is -2.28. The van der Waals surface area contributed by atoms with E-state index in [0.29, 0.717) is 6.61 Å². The Morgan fingerprint density at radius 3 is 2.39 bits per heavy atom. The number of rotatable bonds is 11. The van der Waals surface area contributed by atoms with E-state index in [1.807, 2.05) is 7.05 Å². The van der Waals surface area contributed by atoms with E-state index in [4.69, 9.17) is 4.74 Å². The highest BCUT2D eigenvalue weighted by Crippen LogP contribution is 2.04. The Bertz CT molecular complexity index is 200. The van der Waals surface area contributed by atoms with Crippen molar-refractivity contribution in [2.45, 2.75) is 58.3 Å². The molecule has 0 rings (SSSR count). The third-order valence-electron chi connectivity index (χ3n) is 2.91. The maximum atomic E-state index is 11.6. The van der Waals surface area contributed by atoms with E-state index in [9.17, 15) is 4.79 Å². The van der Waals surface area contributed by atoms with Crippen molar-refractivity contribution in [2.75, 3.05) is 25.5 Å². The number of halogens is 1. The van der Waals surface area contributed by atoms with Crippen molar-refractivity contribution in [1.82, 2.24) is 4.90 Å². The van der Waals surface area contributed by atoms with Gasteiger partial charge < -0.3 is 9.64 Å². The number of hydrogen-bond donors (Lipinski definition) is 0. The molecule has 0 saturated heterocycles. The van der Waals surface area contributed by atoms with Crippen molar-refractivity contribution in [3.8, 4) is 0 Å². The number of ether oxygens (including phenoxy) is 1. The van der Waals surface area contributed by atoms with Crippen LogP contribution in [0.15, 0.2) is 0 Å². The van der Waals surface area contributed by atoms with Crippen molar-refractivity contribution in [2.24, 2.45) is 0 Å². The van der Waals surface area contributed by atoms with Crippen LogP contribution >= 0.6 is 15.9 Å². The van der Waals surface area contributed by atoms with Crippen LogP contribution < -0.4 is 0 Å². The number of unbranched alkanes of at least 4 members (excludes halogenated alkanes) is 6. The number of nitrogens with zero attached hydrogens (tertiary/aromatic N) is 1. The van der Waals surface area contributed by atoms with Crippen molar-refractivity contribution in [3.63, 3.8) is 0 Å². The van der Waals surface area contributed by atoms with E-state index in [1.165, 1.54) is 32.1 Å². The normalized spacial score (nSPS) is 10.4. The van der Waals surface area contributed by atoms with Crippen molar-refractivity contribution < 1.29 is 9.53 Å². The fourth-order valence-corrected chi connectivity index (χ4v) is 2.08. The minimum atomic E-state index is -0.174. The van der Waals surface area contributed by atoms with Crippen LogP contribution in [0, 0.1) is 0 Å². The van der Waals surface area contributed by atoms with E-state index >= 15 is 0 Å². The Balaban J connectivity index is 3.38. The van der Waals surface area contributed by atoms with Gasteiger partial charge in [0.25, 0.3) is 0 Å². The van der Waals surface area contributed by atoms with Crippen LogP contribution in [0.3, 0.4) is 0 Å². The first kappa shape index (κ1) is 17.8. The maximum absolute atomic E-state index is 11.6. The van der Waals surface area contributed by atoms with Crippen LogP contribution in [-0.4, -0.2) is 36.5 Å². The number of hydrogen-bond acceptors (Lipinski definition) is 2. The van der Waals surface area contributed by atoms with Crippen molar-refractivity contribution in [3.05, 3.63) is 0 Å². The second kappa shape index (κ2) is 13.2. The lowest BCUT2D eigenvalue weighted by atomic mass is 10.2. The molecule has 0 unspecified atom stereocenters. The molecule has 0 radical (unpaired) electrons. The van der Waals surface area contributed by atoms with Gasteiger partial charge in [0.2, 0.25) is 0 Å². The highest BCUT2D eigenvalue weighted by molar-refractivity contribution is 9.09. The molecule has 18 heavy (non-hydrogen) atoms. The van der Waals surface area contributed by atoms with Gasteiger partial charge in [-0.1, -0.05) is 55.0 Å². The molecular formula is C14H28BrNO2. The van der Waals surface area contributed by atoms with Gasteiger partial charge in [-0.15, -0.1) is 0 Å². The molecule has 0 bridgehead atoms. The highest BCUT2D eigenvalue weighted by atomic mass is 79.9. The predicted molar refractivity (Wildman–Crippen MR) is 80.4 cm³/mol. The molecule has 3 nitrogen and oxygen atoms in total. The Hall–Kier alpha value is -0.250. The van der Waals surface area contributed by atoms with Crippen LogP contribution in [-0.2, 0) is 4.74 Å². The van der Waals surface area contributed by atoms with Gasteiger partial charge in [-0.2, -0.15) is 0 Å². The average molecular weight is 322 g/mol. The molecule has 0 aromatic heterocycles. The molecule has 0 aromatic rings. The minimum absolute atomic E-state index is 0.174. The van der Waals surface area contributed by atoms with E-state index in [0.717, 1.165) is 31.1 Å². The van der Waals surface area contributed by atoms with Crippen LogP contribution in [0.25, 0.3) is 0 Å². The number of alkyl halides is 1. The summed E-state index contributed by atoms with van der Waals surface area (Å²) in [6.07, 6.45) is 9.08. The maximum Gasteiger partial charge on any atom is 0.409 e. The molecule has 0 aliphatic rings. The van der Waals surface area contributed by atoms with Gasteiger partial charge >= 0.3 is 6.09 Å². The first-order valence-corrected chi connectivity index (χ1v) is 8.28. The summed E-state index contributed by atoms with van der Waals surface area (Å²) in [5.41, 5.74) is 0. The van der Waals surface area contributed by atoms with Crippen LogP contribution in [0.1, 0.15) is 58.3 Å². The first-order chi connectivity index (χ1) is 8.72. The smallest absolute Gasteiger partial charge is 0.409 e. The Labute approximate surface area is 120 Å². The Morgan fingerprint density at radius 1 is 1.06 bits per heavy atom. The molecule has 108 valence electrons. The third-order valence-corrected chi connectivity index (χ3v) is 3.47. The van der Waals surface area contributed by atoms with E-state index in [1.54, 1.807) is 4.90 Å². The van der Waals surface area contributed by atoms with Crippen LogP contribution in [0.2, 0.25) is 0 Å². The first-order valence-electron chi connectivity index (χ1n) is 7.16. The lowest BCUT2D eigenvalue weighted by Gasteiger charge is -2.16. The highest BCUT2D eigenvalue weighted by Gasteiger charge is 2.08. The zero-order chi connectivity index (χ0) is 13.6. The Kier molecular flexibility index (Phi) is 13.0. The summed E-state index contributed by atoms with van der Waals surface area (Å²) in [4.78, 5) is 13.3. The second-order valence-corrected chi connectivity index (χ2v) is 5.49. The number of carbonyl (C=O) groups is 1. The van der Waals surface area contributed by atoms with Gasteiger partial charge in [-0.3, -0.25) is 0 Å². The molecule has 0 N–H and O–H groups in total. The molecule has 0 saturated carbocycles. The quantitative estimate of drug-likeness (QED) is 0.411. The summed E-state index contributed by atoms with van der Waals surface area (Å²) in [6.45, 7) is 3.55. The summed E-state index contributed by atoms with van der Waals surface area (Å²) in [5.74, 6) is 0. The van der Waals surface area contributed by atoms with Gasteiger partial charge in [0.05, 0.1) is 6.61 Å².